The van der Waals surface area contributed by atoms with Crippen LogP contribution in [0.25, 0.3) is 0 Å². The zero-order chi connectivity index (χ0) is 14.5. The van der Waals surface area contributed by atoms with Gasteiger partial charge in [0, 0.05) is 19.8 Å². The number of hydrogen-bond acceptors (Lipinski definition) is 3. The summed E-state index contributed by atoms with van der Waals surface area (Å²) < 4.78 is 18.5. The van der Waals surface area contributed by atoms with E-state index in [0.717, 1.165) is 32.5 Å². The topological polar surface area (TPSA) is 27.7 Å². The van der Waals surface area contributed by atoms with E-state index in [0.29, 0.717) is 12.5 Å². The van der Waals surface area contributed by atoms with Crippen LogP contribution in [0.2, 0.25) is 0 Å². The van der Waals surface area contributed by atoms with Crippen LogP contribution in [0.5, 0.6) is 0 Å². The summed E-state index contributed by atoms with van der Waals surface area (Å²) in [5.74, 6) is 0.362. The number of ether oxygens (including phenoxy) is 3. The van der Waals surface area contributed by atoms with E-state index in [1.807, 2.05) is 0 Å². The quantitative estimate of drug-likeness (QED) is 0.705. The summed E-state index contributed by atoms with van der Waals surface area (Å²) in [7, 11) is 0. The molecule has 3 unspecified atom stereocenters. The monoisotopic (exact) mass is 272 g/mol. The number of hydrogen-bond donors (Lipinski definition) is 0. The Hall–Kier alpha value is -0.120. The Balaban J connectivity index is 3.19. The average Bonchev–Trinajstić information content (AvgIpc) is 2.34. The third kappa shape index (κ3) is 2.98. The van der Waals surface area contributed by atoms with E-state index in [-0.39, 0.29) is 17.3 Å². The highest BCUT2D eigenvalue weighted by atomic mass is 16.6. The maximum Gasteiger partial charge on any atom is 0.125 e. The SMILES string of the molecule is CCOC1CCCC(C)(OCC)C1(OCC)C(C)C. The minimum absolute atomic E-state index is 0.128. The molecule has 3 heteroatoms. The second kappa shape index (κ2) is 7.05. The zero-order valence-corrected chi connectivity index (χ0v) is 13.6. The van der Waals surface area contributed by atoms with Gasteiger partial charge in [-0.2, -0.15) is 0 Å². The lowest BCUT2D eigenvalue weighted by Crippen LogP contribution is -2.68. The van der Waals surface area contributed by atoms with Gasteiger partial charge >= 0.3 is 0 Å². The van der Waals surface area contributed by atoms with Gasteiger partial charge in [-0.15, -0.1) is 0 Å². The lowest BCUT2D eigenvalue weighted by molar-refractivity contribution is -0.282. The summed E-state index contributed by atoms with van der Waals surface area (Å²) in [4.78, 5) is 0. The minimum Gasteiger partial charge on any atom is -0.375 e. The molecule has 3 nitrogen and oxygen atoms in total. The van der Waals surface area contributed by atoms with Gasteiger partial charge in [0.15, 0.2) is 0 Å². The van der Waals surface area contributed by atoms with E-state index in [2.05, 4.69) is 41.5 Å². The fourth-order valence-electron chi connectivity index (χ4n) is 3.92. The molecular formula is C16H32O3. The van der Waals surface area contributed by atoms with Crippen molar-refractivity contribution < 1.29 is 14.2 Å². The van der Waals surface area contributed by atoms with Crippen LogP contribution in [0, 0.1) is 5.92 Å². The van der Waals surface area contributed by atoms with E-state index in [1.54, 1.807) is 0 Å². The molecule has 0 spiro atoms. The molecule has 0 aromatic heterocycles. The fourth-order valence-corrected chi connectivity index (χ4v) is 3.92. The third-order valence-electron chi connectivity index (χ3n) is 4.50. The van der Waals surface area contributed by atoms with E-state index >= 15 is 0 Å². The van der Waals surface area contributed by atoms with Gasteiger partial charge in [0.05, 0.1) is 11.7 Å². The van der Waals surface area contributed by atoms with Crippen LogP contribution >= 0.6 is 0 Å². The maximum absolute atomic E-state index is 6.32. The van der Waals surface area contributed by atoms with Gasteiger partial charge in [-0.05, 0) is 52.9 Å². The summed E-state index contributed by atoms with van der Waals surface area (Å²) in [5.41, 5.74) is -0.601. The van der Waals surface area contributed by atoms with Gasteiger partial charge in [-0.3, -0.25) is 0 Å². The van der Waals surface area contributed by atoms with E-state index in [4.69, 9.17) is 14.2 Å². The molecule has 0 N–H and O–H groups in total. The standard InChI is InChI=1S/C16H32O3/c1-7-17-14-11-10-12-15(6,18-8-2)16(14,13(4)5)19-9-3/h13-14H,7-12H2,1-6H3. The summed E-state index contributed by atoms with van der Waals surface area (Å²) in [5, 5.41) is 0. The van der Waals surface area contributed by atoms with Crippen molar-refractivity contribution in [2.75, 3.05) is 19.8 Å². The zero-order valence-electron chi connectivity index (χ0n) is 13.6. The molecule has 1 aliphatic rings. The highest BCUT2D eigenvalue weighted by molar-refractivity contribution is 5.10. The minimum atomic E-state index is -0.341. The Bertz CT molecular complexity index is 261. The molecule has 0 aliphatic heterocycles. The summed E-state index contributed by atoms with van der Waals surface area (Å²) >= 11 is 0. The smallest absolute Gasteiger partial charge is 0.125 e. The van der Waals surface area contributed by atoms with Gasteiger partial charge in [-0.25, -0.2) is 0 Å². The van der Waals surface area contributed by atoms with Crippen LogP contribution in [0.15, 0.2) is 0 Å². The lowest BCUT2D eigenvalue weighted by Gasteiger charge is -2.56. The molecule has 1 saturated carbocycles. The second-order valence-corrected chi connectivity index (χ2v) is 5.88. The Morgan fingerprint density at radius 1 is 1.05 bits per heavy atom. The first kappa shape index (κ1) is 16.9. The summed E-state index contributed by atoms with van der Waals surface area (Å²) in [6.07, 6.45) is 3.38. The molecule has 0 bridgehead atoms. The summed E-state index contributed by atoms with van der Waals surface area (Å²) in [6, 6.07) is 0. The van der Waals surface area contributed by atoms with Crippen molar-refractivity contribution in [1.82, 2.24) is 0 Å². The van der Waals surface area contributed by atoms with Gasteiger partial charge in [0.1, 0.15) is 5.60 Å². The predicted molar refractivity (Wildman–Crippen MR) is 78.5 cm³/mol. The van der Waals surface area contributed by atoms with Crippen molar-refractivity contribution in [3.05, 3.63) is 0 Å². The number of rotatable bonds is 7. The molecule has 0 aromatic carbocycles. The molecule has 0 radical (unpaired) electrons. The summed E-state index contributed by atoms with van der Waals surface area (Å²) in [6.45, 7) is 15.0. The molecule has 1 fully saturated rings. The normalized spacial score (nSPS) is 35.8. The Morgan fingerprint density at radius 2 is 1.68 bits per heavy atom. The fraction of sp³-hybridized carbons (Fsp3) is 1.00. The van der Waals surface area contributed by atoms with Gasteiger partial charge in [-0.1, -0.05) is 13.8 Å². The highest BCUT2D eigenvalue weighted by Gasteiger charge is 2.59. The Kier molecular flexibility index (Phi) is 6.28. The molecule has 3 atom stereocenters. The van der Waals surface area contributed by atoms with Gasteiger partial charge < -0.3 is 14.2 Å². The van der Waals surface area contributed by atoms with E-state index in [9.17, 15) is 0 Å². The lowest BCUT2D eigenvalue weighted by atomic mass is 9.65. The van der Waals surface area contributed by atoms with Crippen molar-refractivity contribution in [3.63, 3.8) is 0 Å². The van der Waals surface area contributed by atoms with E-state index < -0.39 is 0 Å². The van der Waals surface area contributed by atoms with Crippen LogP contribution in [-0.2, 0) is 14.2 Å². The van der Waals surface area contributed by atoms with Crippen LogP contribution in [0.4, 0.5) is 0 Å². The van der Waals surface area contributed by atoms with Crippen LogP contribution in [0.1, 0.15) is 60.8 Å². The molecular weight excluding hydrogens is 240 g/mol. The Labute approximate surface area is 119 Å². The van der Waals surface area contributed by atoms with Crippen molar-refractivity contribution in [2.24, 2.45) is 5.92 Å². The highest BCUT2D eigenvalue weighted by Crippen LogP contribution is 2.48. The molecule has 0 amide bonds. The first-order valence-electron chi connectivity index (χ1n) is 7.88. The van der Waals surface area contributed by atoms with Crippen molar-refractivity contribution in [1.29, 1.82) is 0 Å². The van der Waals surface area contributed by atoms with Crippen molar-refractivity contribution in [3.8, 4) is 0 Å². The third-order valence-corrected chi connectivity index (χ3v) is 4.50. The first-order valence-corrected chi connectivity index (χ1v) is 7.88. The van der Waals surface area contributed by atoms with Crippen molar-refractivity contribution in [2.45, 2.75) is 78.1 Å². The molecule has 1 aliphatic carbocycles. The van der Waals surface area contributed by atoms with Crippen LogP contribution in [0.3, 0.4) is 0 Å². The Morgan fingerprint density at radius 3 is 2.16 bits per heavy atom. The molecule has 19 heavy (non-hydrogen) atoms. The predicted octanol–water partition coefficient (Wildman–Crippen LogP) is 3.80. The molecule has 1 rings (SSSR count). The first-order chi connectivity index (χ1) is 8.98. The van der Waals surface area contributed by atoms with Crippen LogP contribution in [-0.4, -0.2) is 37.1 Å². The molecule has 0 aromatic rings. The van der Waals surface area contributed by atoms with Crippen molar-refractivity contribution >= 4 is 0 Å². The maximum atomic E-state index is 6.32. The molecule has 114 valence electrons. The van der Waals surface area contributed by atoms with E-state index in [1.165, 1.54) is 0 Å². The van der Waals surface area contributed by atoms with Crippen LogP contribution < -0.4 is 0 Å². The van der Waals surface area contributed by atoms with Gasteiger partial charge in [0.2, 0.25) is 0 Å². The second-order valence-electron chi connectivity index (χ2n) is 5.88. The average molecular weight is 272 g/mol. The largest absolute Gasteiger partial charge is 0.375 e. The molecule has 0 heterocycles. The van der Waals surface area contributed by atoms with Gasteiger partial charge in [0.25, 0.3) is 0 Å². The molecule has 0 saturated heterocycles.